The lowest BCUT2D eigenvalue weighted by molar-refractivity contribution is -0.119. The molecule has 1 aromatic carbocycles. The number of para-hydroxylation sites is 1. The molecule has 1 aliphatic rings. The van der Waals surface area contributed by atoms with Crippen LogP contribution in [0.15, 0.2) is 40.3 Å². The number of urea groups is 1. The second kappa shape index (κ2) is 6.91. The molecule has 1 saturated carbocycles. The Hall–Kier alpha value is -2.55. The highest BCUT2D eigenvalue weighted by Crippen LogP contribution is 2.36. The number of nitrogens with one attached hydrogen (secondary N) is 3. The van der Waals surface area contributed by atoms with Gasteiger partial charge in [-0.2, -0.15) is 0 Å². The first kappa shape index (κ1) is 16.3. The molecule has 1 aromatic heterocycles. The van der Waals surface area contributed by atoms with E-state index in [-0.39, 0.29) is 11.7 Å². The van der Waals surface area contributed by atoms with E-state index in [0.717, 1.165) is 24.6 Å². The number of thioether (sulfide) groups is 1. The van der Waals surface area contributed by atoms with E-state index in [4.69, 9.17) is 0 Å². The third-order valence-electron chi connectivity index (χ3n) is 3.50. The molecule has 2 aromatic rings. The fourth-order valence-electron chi connectivity index (χ4n) is 2.14. The Labute approximate surface area is 142 Å². The second-order valence-corrected chi connectivity index (χ2v) is 6.79. The van der Waals surface area contributed by atoms with Gasteiger partial charge in [0.1, 0.15) is 0 Å². The van der Waals surface area contributed by atoms with Crippen molar-refractivity contribution in [2.24, 2.45) is 0 Å². The summed E-state index contributed by atoms with van der Waals surface area (Å²) in [5, 5.41) is 11.1. The monoisotopic (exact) mass is 347 g/mol. The van der Waals surface area contributed by atoms with Crippen LogP contribution >= 0.6 is 11.8 Å². The number of hydrogen-bond acceptors (Lipinski definition) is 5. The third-order valence-corrected chi connectivity index (χ3v) is 4.57. The fourth-order valence-corrected chi connectivity index (χ4v) is 3.06. The van der Waals surface area contributed by atoms with E-state index in [2.05, 4.69) is 20.8 Å². The van der Waals surface area contributed by atoms with Crippen LogP contribution in [0.4, 0.5) is 10.5 Å². The van der Waals surface area contributed by atoms with Gasteiger partial charge in [0.05, 0.1) is 5.25 Å². The number of amides is 3. The summed E-state index contributed by atoms with van der Waals surface area (Å²) in [6.45, 7) is 1.66. The van der Waals surface area contributed by atoms with Crippen molar-refractivity contribution >= 4 is 29.4 Å². The van der Waals surface area contributed by atoms with Crippen LogP contribution in [-0.2, 0) is 4.79 Å². The molecule has 1 aliphatic carbocycles. The predicted molar refractivity (Wildman–Crippen MR) is 90.0 cm³/mol. The Morgan fingerprint density at radius 1 is 1.33 bits per heavy atom. The molecule has 8 nitrogen and oxygen atoms in total. The van der Waals surface area contributed by atoms with Crippen LogP contribution in [0.25, 0.3) is 0 Å². The van der Waals surface area contributed by atoms with Crippen molar-refractivity contribution in [2.45, 2.75) is 36.2 Å². The molecule has 1 fully saturated rings. The number of benzene rings is 1. The minimum atomic E-state index is -0.597. The van der Waals surface area contributed by atoms with E-state index < -0.39 is 17.2 Å². The Morgan fingerprint density at radius 2 is 2.04 bits per heavy atom. The molecule has 1 atom stereocenters. The van der Waals surface area contributed by atoms with E-state index in [1.54, 1.807) is 35.8 Å². The summed E-state index contributed by atoms with van der Waals surface area (Å²) in [5.41, 5.74) is 0.326. The Morgan fingerprint density at radius 3 is 2.71 bits per heavy atom. The first-order valence-corrected chi connectivity index (χ1v) is 8.43. The molecule has 126 valence electrons. The summed E-state index contributed by atoms with van der Waals surface area (Å²) >= 11 is 1.14. The number of carbonyl (C=O) groups is 2. The summed E-state index contributed by atoms with van der Waals surface area (Å²) in [7, 11) is 0. The maximum Gasteiger partial charge on any atom is 0.344 e. The van der Waals surface area contributed by atoms with Crippen LogP contribution in [0.1, 0.15) is 25.8 Å². The fraction of sp³-hybridized carbons (Fsp3) is 0.333. The number of aromatic amines is 1. The van der Waals surface area contributed by atoms with Crippen LogP contribution in [0.3, 0.4) is 0 Å². The predicted octanol–water partition coefficient (Wildman–Crippen LogP) is 1.74. The zero-order valence-corrected chi connectivity index (χ0v) is 13.8. The highest BCUT2D eigenvalue weighted by atomic mass is 32.2. The third kappa shape index (κ3) is 3.85. The Kier molecular flexibility index (Phi) is 4.70. The van der Waals surface area contributed by atoms with E-state index in [1.807, 2.05) is 6.07 Å². The number of nitrogens with zero attached hydrogens (tertiary/aromatic N) is 2. The molecule has 0 aliphatic heterocycles. The summed E-state index contributed by atoms with van der Waals surface area (Å²) in [6, 6.07) is 8.40. The zero-order chi connectivity index (χ0) is 17.1. The topological polar surface area (TPSA) is 109 Å². The van der Waals surface area contributed by atoms with E-state index in [0.29, 0.717) is 10.8 Å². The van der Waals surface area contributed by atoms with Crippen LogP contribution < -0.4 is 16.3 Å². The van der Waals surface area contributed by atoms with Crippen molar-refractivity contribution in [1.29, 1.82) is 0 Å². The largest absolute Gasteiger partial charge is 0.344 e. The number of rotatable bonds is 5. The summed E-state index contributed by atoms with van der Waals surface area (Å²) in [6.07, 6.45) is 1.88. The molecule has 0 unspecified atom stereocenters. The number of imide groups is 1. The molecule has 9 heteroatoms. The molecule has 1 heterocycles. The van der Waals surface area contributed by atoms with Crippen LogP contribution in [0.2, 0.25) is 0 Å². The number of hydrogen-bond donors (Lipinski definition) is 3. The molecular weight excluding hydrogens is 330 g/mol. The average Bonchev–Trinajstić information content (AvgIpc) is 3.32. The first-order chi connectivity index (χ1) is 11.5. The molecule has 24 heavy (non-hydrogen) atoms. The van der Waals surface area contributed by atoms with Gasteiger partial charge in [-0.25, -0.2) is 14.7 Å². The van der Waals surface area contributed by atoms with Gasteiger partial charge in [0.2, 0.25) is 5.91 Å². The Bertz CT molecular complexity index is 797. The average molecular weight is 347 g/mol. The van der Waals surface area contributed by atoms with Crippen molar-refractivity contribution in [2.75, 3.05) is 5.32 Å². The van der Waals surface area contributed by atoms with E-state index >= 15 is 0 Å². The van der Waals surface area contributed by atoms with Crippen LogP contribution in [0, 0.1) is 0 Å². The molecule has 0 bridgehead atoms. The number of anilines is 1. The van der Waals surface area contributed by atoms with Gasteiger partial charge < -0.3 is 5.32 Å². The summed E-state index contributed by atoms with van der Waals surface area (Å²) < 4.78 is 1.57. The SMILES string of the molecule is C[C@@H](Sc1n[nH]c(=O)n1C1CC1)C(=O)NC(=O)Nc1ccccc1. The smallest absolute Gasteiger partial charge is 0.308 e. The molecule has 0 radical (unpaired) electrons. The molecule has 0 saturated heterocycles. The van der Waals surface area contributed by atoms with Crippen molar-refractivity contribution < 1.29 is 9.59 Å². The van der Waals surface area contributed by atoms with Gasteiger partial charge in [-0.3, -0.25) is 14.7 Å². The van der Waals surface area contributed by atoms with Gasteiger partial charge in [-0.15, -0.1) is 5.10 Å². The maximum atomic E-state index is 12.1. The normalized spacial score (nSPS) is 14.9. The van der Waals surface area contributed by atoms with Gasteiger partial charge in [0.25, 0.3) is 0 Å². The van der Waals surface area contributed by atoms with Crippen LogP contribution in [0.5, 0.6) is 0 Å². The van der Waals surface area contributed by atoms with Gasteiger partial charge >= 0.3 is 11.7 Å². The molecule has 3 N–H and O–H groups in total. The van der Waals surface area contributed by atoms with E-state index in [9.17, 15) is 14.4 Å². The number of carbonyl (C=O) groups excluding carboxylic acids is 2. The lowest BCUT2D eigenvalue weighted by Gasteiger charge is -2.11. The number of aromatic nitrogens is 3. The standard InChI is InChI=1S/C15H17N5O3S/c1-9(24-15-19-18-14(23)20(15)11-7-8-11)12(21)17-13(22)16-10-5-3-2-4-6-10/h2-6,9,11H,7-8H2,1H3,(H,18,23)(H2,16,17,21,22)/t9-/m1/s1. The molecule has 3 rings (SSSR count). The van der Waals surface area contributed by atoms with Crippen molar-refractivity contribution in [3.63, 3.8) is 0 Å². The number of H-pyrrole nitrogens is 1. The summed E-state index contributed by atoms with van der Waals surface area (Å²) in [4.78, 5) is 35.7. The van der Waals surface area contributed by atoms with Gasteiger partial charge in [-0.05, 0) is 31.9 Å². The highest BCUT2D eigenvalue weighted by molar-refractivity contribution is 8.00. The van der Waals surface area contributed by atoms with E-state index in [1.165, 1.54) is 0 Å². The molecule has 0 spiro atoms. The quantitative estimate of drug-likeness (QED) is 0.714. The highest BCUT2D eigenvalue weighted by Gasteiger charge is 2.30. The second-order valence-electron chi connectivity index (χ2n) is 5.48. The first-order valence-electron chi connectivity index (χ1n) is 7.55. The zero-order valence-electron chi connectivity index (χ0n) is 13.0. The maximum absolute atomic E-state index is 12.1. The molecular formula is C15H17N5O3S. The van der Waals surface area contributed by atoms with Crippen molar-refractivity contribution in [3.05, 3.63) is 40.8 Å². The van der Waals surface area contributed by atoms with Crippen molar-refractivity contribution in [3.8, 4) is 0 Å². The summed E-state index contributed by atoms with van der Waals surface area (Å²) in [5.74, 6) is -0.453. The van der Waals surface area contributed by atoms with Gasteiger partial charge in [-0.1, -0.05) is 30.0 Å². The van der Waals surface area contributed by atoms with Gasteiger partial charge in [0, 0.05) is 11.7 Å². The van der Waals surface area contributed by atoms with Gasteiger partial charge in [0.15, 0.2) is 5.16 Å². The van der Waals surface area contributed by atoms with Crippen molar-refractivity contribution in [1.82, 2.24) is 20.1 Å². The Balaban J connectivity index is 1.57. The van der Waals surface area contributed by atoms with Crippen LogP contribution in [-0.4, -0.2) is 32.0 Å². The lowest BCUT2D eigenvalue weighted by atomic mass is 10.3. The molecule has 3 amide bonds. The lowest BCUT2D eigenvalue weighted by Crippen LogP contribution is -2.39. The minimum Gasteiger partial charge on any atom is -0.308 e. The minimum absolute atomic E-state index is 0.162.